The number of nitrogens with one attached hydrogen (secondary N) is 1. The van der Waals surface area contributed by atoms with Crippen molar-refractivity contribution in [3.8, 4) is 11.5 Å². The second-order valence-electron chi connectivity index (χ2n) is 6.07. The highest BCUT2D eigenvalue weighted by Crippen LogP contribution is 2.42. The Kier molecular flexibility index (Phi) is 4.02. The molecule has 2 aliphatic rings. The average molecular weight is 361 g/mol. The van der Waals surface area contributed by atoms with Gasteiger partial charge in [0.05, 0.1) is 0 Å². The van der Waals surface area contributed by atoms with Crippen molar-refractivity contribution in [1.29, 1.82) is 0 Å². The number of anilines is 2. The Labute approximate surface area is 148 Å². The lowest BCUT2D eigenvalue weighted by Gasteiger charge is -2.36. The number of hydrogen-bond donors (Lipinski definition) is 1. The first-order valence-electron chi connectivity index (χ1n) is 8.26. The van der Waals surface area contributed by atoms with Crippen molar-refractivity contribution < 1.29 is 23.0 Å². The Bertz CT molecular complexity index is 809. The number of nitrogens with zero attached hydrogens (tertiary/aromatic N) is 2. The molecule has 0 bridgehead atoms. The first-order chi connectivity index (χ1) is 12.5. The second kappa shape index (κ2) is 6.36. The van der Waals surface area contributed by atoms with Gasteiger partial charge in [0.2, 0.25) is 0 Å². The molecule has 0 saturated carbocycles. The van der Waals surface area contributed by atoms with E-state index in [0.29, 0.717) is 18.8 Å². The van der Waals surface area contributed by atoms with Crippen LogP contribution in [0.4, 0.5) is 25.0 Å². The molecule has 2 heterocycles. The van der Waals surface area contributed by atoms with Gasteiger partial charge in [0.1, 0.15) is 0 Å². The smallest absolute Gasteiger partial charge is 0.395 e. The van der Waals surface area contributed by atoms with Gasteiger partial charge in [-0.25, -0.2) is 4.79 Å². The maximum absolute atomic E-state index is 13.1. The number of halogens is 2. The van der Waals surface area contributed by atoms with Crippen molar-refractivity contribution >= 4 is 17.4 Å². The van der Waals surface area contributed by atoms with Crippen LogP contribution in [0.3, 0.4) is 0 Å². The molecular formula is C18H17F2N3O3. The van der Waals surface area contributed by atoms with Crippen molar-refractivity contribution in [3.63, 3.8) is 0 Å². The Morgan fingerprint density at radius 3 is 2.38 bits per heavy atom. The summed E-state index contributed by atoms with van der Waals surface area (Å²) in [6.07, 6.45) is -3.67. The van der Waals surface area contributed by atoms with Crippen LogP contribution in [0.2, 0.25) is 0 Å². The number of hydrogen-bond acceptors (Lipinski definition) is 4. The van der Waals surface area contributed by atoms with E-state index in [2.05, 4.69) is 19.7 Å². The lowest BCUT2D eigenvalue weighted by atomic mass is 10.2. The molecule has 1 fully saturated rings. The Morgan fingerprint density at radius 2 is 1.65 bits per heavy atom. The number of fused-ring (bicyclic) bond motifs is 1. The molecule has 8 heteroatoms. The molecule has 1 N–H and O–H groups in total. The van der Waals surface area contributed by atoms with Gasteiger partial charge >= 0.3 is 12.3 Å². The molecule has 0 aromatic heterocycles. The number of rotatable bonds is 2. The zero-order valence-corrected chi connectivity index (χ0v) is 13.8. The molecule has 0 atom stereocenters. The maximum atomic E-state index is 13.1. The molecule has 0 unspecified atom stereocenters. The average Bonchev–Trinajstić information content (AvgIpc) is 2.95. The van der Waals surface area contributed by atoms with Gasteiger partial charge in [-0.05, 0) is 24.3 Å². The highest BCUT2D eigenvalue weighted by molar-refractivity contribution is 5.90. The van der Waals surface area contributed by atoms with Crippen molar-refractivity contribution in [3.05, 3.63) is 48.5 Å². The van der Waals surface area contributed by atoms with Crippen molar-refractivity contribution in [1.82, 2.24) is 4.90 Å². The number of ether oxygens (including phenoxy) is 2. The molecule has 2 aromatic rings. The fraction of sp³-hybridized carbons (Fsp3) is 0.278. The Hall–Kier alpha value is -3.03. The van der Waals surface area contributed by atoms with Crippen molar-refractivity contribution in [2.75, 3.05) is 36.4 Å². The van der Waals surface area contributed by atoms with Crippen molar-refractivity contribution in [2.24, 2.45) is 0 Å². The lowest BCUT2D eigenvalue weighted by molar-refractivity contribution is -0.286. The summed E-state index contributed by atoms with van der Waals surface area (Å²) >= 11 is 0. The van der Waals surface area contributed by atoms with E-state index in [0.717, 1.165) is 18.8 Å². The molecule has 6 nitrogen and oxygen atoms in total. The van der Waals surface area contributed by atoms with Gasteiger partial charge in [-0.3, -0.25) is 0 Å². The fourth-order valence-electron chi connectivity index (χ4n) is 3.04. The molecule has 4 rings (SSSR count). The van der Waals surface area contributed by atoms with E-state index in [1.54, 1.807) is 4.90 Å². The zero-order chi connectivity index (χ0) is 18.1. The van der Waals surface area contributed by atoms with E-state index in [4.69, 9.17) is 0 Å². The molecule has 0 radical (unpaired) electrons. The normalized spacial score (nSPS) is 17.9. The molecule has 0 spiro atoms. The SMILES string of the molecule is O=C(Nc1ccc2c(c1)OC(F)(F)O2)N1CCN(c2ccccc2)CC1. The topological polar surface area (TPSA) is 54.0 Å². The van der Waals surface area contributed by atoms with Crippen LogP contribution in [0.15, 0.2) is 48.5 Å². The molecule has 136 valence electrons. The predicted octanol–water partition coefficient (Wildman–Crippen LogP) is 3.36. The van der Waals surface area contributed by atoms with Crippen LogP contribution < -0.4 is 19.7 Å². The van der Waals surface area contributed by atoms with Crippen LogP contribution in [-0.2, 0) is 0 Å². The summed E-state index contributed by atoms with van der Waals surface area (Å²) in [6.45, 7) is 2.60. The van der Waals surface area contributed by atoms with Crippen LogP contribution in [0.25, 0.3) is 0 Å². The zero-order valence-electron chi connectivity index (χ0n) is 13.8. The third kappa shape index (κ3) is 3.35. The number of carbonyl (C=O) groups is 1. The minimum absolute atomic E-state index is 0.0514. The van der Waals surface area contributed by atoms with E-state index in [-0.39, 0.29) is 17.5 Å². The number of benzene rings is 2. The summed E-state index contributed by atoms with van der Waals surface area (Å²) < 4.78 is 34.8. The molecule has 2 aliphatic heterocycles. The van der Waals surface area contributed by atoms with E-state index in [9.17, 15) is 13.6 Å². The van der Waals surface area contributed by atoms with Gasteiger partial charge in [0.15, 0.2) is 11.5 Å². The van der Waals surface area contributed by atoms with Gasteiger partial charge < -0.3 is 24.6 Å². The molecule has 26 heavy (non-hydrogen) atoms. The second-order valence-corrected chi connectivity index (χ2v) is 6.07. The number of alkyl halides is 2. The summed E-state index contributed by atoms with van der Waals surface area (Å²) in [5.74, 6) is -0.147. The predicted molar refractivity (Wildman–Crippen MR) is 91.9 cm³/mol. The minimum Gasteiger partial charge on any atom is -0.395 e. The molecule has 0 aliphatic carbocycles. The summed E-state index contributed by atoms with van der Waals surface area (Å²) in [4.78, 5) is 16.3. The quantitative estimate of drug-likeness (QED) is 0.891. The highest BCUT2D eigenvalue weighted by Gasteiger charge is 2.43. The molecule has 1 saturated heterocycles. The minimum atomic E-state index is -3.67. The van der Waals surface area contributed by atoms with Crippen LogP contribution in [0.5, 0.6) is 11.5 Å². The number of para-hydroxylation sites is 1. The number of urea groups is 1. The van der Waals surface area contributed by atoms with Crippen LogP contribution in [0.1, 0.15) is 0 Å². The van der Waals surface area contributed by atoms with Crippen LogP contribution >= 0.6 is 0 Å². The monoisotopic (exact) mass is 361 g/mol. The summed E-state index contributed by atoms with van der Waals surface area (Å²) in [5.41, 5.74) is 1.50. The van der Waals surface area contributed by atoms with Gasteiger partial charge in [-0.15, -0.1) is 8.78 Å². The van der Waals surface area contributed by atoms with E-state index in [1.807, 2.05) is 30.3 Å². The lowest BCUT2D eigenvalue weighted by Crippen LogP contribution is -2.50. The largest absolute Gasteiger partial charge is 0.586 e. The van der Waals surface area contributed by atoms with E-state index < -0.39 is 6.29 Å². The van der Waals surface area contributed by atoms with Gasteiger partial charge in [-0.2, -0.15) is 0 Å². The fourth-order valence-corrected chi connectivity index (χ4v) is 3.04. The molecular weight excluding hydrogens is 344 g/mol. The number of carbonyl (C=O) groups excluding carboxylic acids is 1. The van der Waals surface area contributed by atoms with Crippen LogP contribution in [-0.4, -0.2) is 43.4 Å². The molecule has 2 aromatic carbocycles. The van der Waals surface area contributed by atoms with Crippen molar-refractivity contribution in [2.45, 2.75) is 6.29 Å². The highest BCUT2D eigenvalue weighted by atomic mass is 19.3. The third-order valence-corrected chi connectivity index (χ3v) is 4.34. The number of piperazine rings is 1. The summed E-state index contributed by atoms with van der Waals surface area (Å²) in [7, 11) is 0. The first-order valence-corrected chi connectivity index (χ1v) is 8.26. The third-order valence-electron chi connectivity index (χ3n) is 4.34. The number of amides is 2. The molecule has 2 amide bonds. The summed E-state index contributed by atoms with van der Waals surface area (Å²) in [6, 6.07) is 13.9. The van der Waals surface area contributed by atoms with Gasteiger partial charge in [0, 0.05) is 43.6 Å². The summed E-state index contributed by atoms with van der Waals surface area (Å²) in [5, 5.41) is 2.71. The Balaban J connectivity index is 1.35. The van der Waals surface area contributed by atoms with E-state index in [1.165, 1.54) is 18.2 Å². The van der Waals surface area contributed by atoms with E-state index >= 15 is 0 Å². The maximum Gasteiger partial charge on any atom is 0.586 e. The van der Waals surface area contributed by atoms with Gasteiger partial charge in [-0.1, -0.05) is 18.2 Å². The Morgan fingerprint density at radius 1 is 0.962 bits per heavy atom. The van der Waals surface area contributed by atoms with Gasteiger partial charge in [0.25, 0.3) is 0 Å². The van der Waals surface area contributed by atoms with Crippen LogP contribution in [0, 0.1) is 0 Å². The first kappa shape index (κ1) is 16.4. The standard InChI is InChI=1S/C18H17F2N3O3/c19-18(20)25-15-7-6-13(12-16(15)26-18)21-17(24)23-10-8-22(9-11-23)14-4-2-1-3-5-14/h1-7,12H,8-11H2,(H,21,24).